The number of aliphatic carboxylic acids is 1. The molecule has 0 aromatic carbocycles. The quantitative estimate of drug-likeness (QED) is 0.846. The molecule has 2 heterocycles. The van der Waals surface area contributed by atoms with Crippen LogP contribution in [0.15, 0.2) is 18.3 Å². The lowest BCUT2D eigenvalue weighted by molar-refractivity contribution is -0.139. The zero-order valence-corrected chi connectivity index (χ0v) is 10.1. The number of nitrogens with one attached hydrogen (secondary N) is 1. The Morgan fingerprint density at radius 2 is 2.22 bits per heavy atom. The van der Waals surface area contributed by atoms with Crippen LogP contribution in [0.4, 0.5) is 10.5 Å². The number of aryl methyl sites for hydroxylation is 1. The van der Waals surface area contributed by atoms with E-state index in [4.69, 9.17) is 5.11 Å². The summed E-state index contributed by atoms with van der Waals surface area (Å²) in [5.41, 5.74) is 1.53. The van der Waals surface area contributed by atoms with Crippen molar-refractivity contribution in [1.82, 2.24) is 9.88 Å². The van der Waals surface area contributed by atoms with Crippen molar-refractivity contribution in [2.75, 3.05) is 18.4 Å². The highest BCUT2D eigenvalue weighted by atomic mass is 16.4. The van der Waals surface area contributed by atoms with Gasteiger partial charge >= 0.3 is 12.0 Å². The number of rotatable bonds is 3. The van der Waals surface area contributed by atoms with Gasteiger partial charge in [0.15, 0.2) is 0 Å². The highest BCUT2D eigenvalue weighted by Crippen LogP contribution is 2.20. The van der Waals surface area contributed by atoms with Gasteiger partial charge in [-0.05, 0) is 19.1 Å². The lowest BCUT2D eigenvalue weighted by Crippen LogP contribution is -2.52. The maximum absolute atomic E-state index is 11.8. The van der Waals surface area contributed by atoms with Crippen molar-refractivity contribution in [2.24, 2.45) is 5.92 Å². The third-order valence-corrected chi connectivity index (χ3v) is 2.87. The second-order valence-corrected chi connectivity index (χ2v) is 4.49. The minimum absolute atomic E-state index is 0.0735. The Kier molecular flexibility index (Phi) is 3.45. The average molecular weight is 249 g/mol. The SMILES string of the molecule is Cc1ccc(NC(=O)N2CC(CC(=O)O)C2)cn1. The monoisotopic (exact) mass is 249 g/mol. The summed E-state index contributed by atoms with van der Waals surface area (Å²) in [4.78, 5) is 27.9. The van der Waals surface area contributed by atoms with E-state index in [1.807, 2.05) is 13.0 Å². The number of carboxylic acid groups (broad SMARTS) is 1. The van der Waals surface area contributed by atoms with Crippen LogP contribution in [0.3, 0.4) is 0 Å². The molecule has 6 heteroatoms. The molecule has 1 aliphatic heterocycles. The number of carbonyl (C=O) groups is 2. The summed E-state index contributed by atoms with van der Waals surface area (Å²) < 4.78 is 0. The standard InChI is InChI=1S/C12H15N3O3/c1-8-2-3-10(5-13-8)14-12(18)15-6-9(7-15)4-11(16)17/h2-3,5,9H,4,6-7H2,1H3,(H,14,18)(H,16,17). The Morgan fingerprint density at radius 1 is 1.50 bits per heavy atom. The Labute approximate surface area is 105 Å². The van der Waals surface area contributed by atoms with E-state index < -0.39 is 5.97 Å². The van der Waals surface area contributed by atoms with Crippen LogP contribution < -0.4 is 5.32 Å². The molecule has 0 bridgehead atoms. The van der Waals surface area contributed by atoms with Crippen LogP contribution in [0.2, 0.25) is 0 Å². The second kappa shape index (κ2) is 5.03. The van der Waals surface area contributed by atoms with Crippen molar-refractivity contribution in [3.63, 3.8) is 0 Å². The van der Waals surface area contributed by atoms with Crippen molar-refractivity contribution in [3.05, 3.63) is 24.0 Å². The highest BCUT2D eigenvalue weighted by molar-refractivity contribution is 5.89. The zero-order valence-electron chi connectivity index (χ0n) is 10.1. The molecule has 0 aliphatic carbocycles. The van der Waals surface area contributed by atoms with Crippen molar-refractivity contribution in [2.45, 2.75) is 13.3 Å². The first-order valence-electron chi connectivity index (χ1n) is 5.75. The van der Waals surface area contributed by atoms with Gasteiger partial charge in [-0.3, -0.25) is 9.78 Å². The predicted molar refractivity (Wildman–Crippen MR) is 65.3 cm³/mol. The highest BCUT2D eigenvalue weighted by Gasteiger charge is 2.31. The topological polar surface area (TPSA) is 82.5 Å². The van der Waals surface area contributed by atoms with Gasteiger partial charge in [-0.15, -0.1) is 0 Å². The van der Waals surface area contributed by atoms with Gasteiger partial charge in [-0.1, -0.05) is 0 Å². The lowest BCUT2D eigenvalue weighted by atomic mass is 9.97. The van der Waals surface area contributed by atoms with E-state index in [1.165, 1.54) is 0 Å². The Balaban J connectivity index is 1.80. The number of nitrogens with zero attached hydrogens (tertiary/aromatic N) is 2. The Bertz CT molecular complexity index is 452. The van der Waals surface area contributed by atoms with E-state index in [2.05, 4.69) is 10.3 Å². The normalized spacial score (nSPS) is 15.1. The minimum Gasteiger partial charge on any atom is -0.481 e. The van der Waals surface area contributed by atoms with Gasteiger partial charge in [0.05, 0.1) is 18.3 Å². The summed E-state index contributed by atoms with van der Waals surface area (Å²) in [5.74, 6) is -0.743. The molecule has 1 saturated heterocycles. The van der Waals surface area contributed by atoms with Crippen LogP contribution in [0.25, 0.3) is 0 Å². The summed E-state index contributed by atoms with van der Waals surface area (Å²) in [7, 11) is 0. The number of urea groups is 1. The maximum Gasteiger partial charge on any atom is 0.321 e. The van der Waals surface area contributed by atoms with Crippen molar-refractivity contribution in [1.29, 1.82) is 0 Å². The molecule has 0 saturated carbocycles. The lowest BCUT2D eigenvalue weighted by Gasteiger charge is -2.38. The number of anilines is 1. The minimum atomic E-state index is -0.817. The predicted octanol–water partition coefficient (Wildman–Crippen LogP) is 1.33. The molecule has 0 atom stereocenters. The molecule has 6 nitrogen and oxygen atoms in total. The molecule has 1 fully saturated rings. The molecule has 2 rings (SSSR count). The second-order valence-electron chi connectivity index (χ2n) is 4.49. The van der Waals surface area contributed by atoms with E-state index in [0.29, 0.717) is 18.8 Å². The summed E-state index contributed by atoms with van der Waals surface area (Å²) in [6, 6.07) is 3.40. The number of aromatic nitrogens is 1. The molecule has 1 aromatic heterocycles. The number of hydrogen-bond donors (Lipinski definition) is 2. The van der Waals surface area contributed by atoms with E-state index in [-0.39, 0.29) is 18.4 Å². The summed E-state index contributed by atoms with van der Waals surface area (Å²) >= 11 is 0. The fraction of sp³-hybridized carbons (Fsp3) is 0.417. The maximum atomic E-state index is 11.8. The number of hydrogen-bond acceptors (Lipinski definition) is 3. The van der Waals surface area contributed by atoms with E-state index in [9.17, 15) is 9.59 Å². The van der Waals surface area contributed by atoms with Gasteiger partial charge in [0, 0.05) is 24.7 Å². The van der Waals surface area contributed by atoms with Crippen molar-refractivity contribution >= 4 is 17.7 Å². The third kappa shape index (κ3) is 2.97. The molecule has 2 N–H and O–H groups in total. The van der Waals surface area contributed by atoms with Crippen LogP contribution in [0.5, 0.6) is 0 Å². The van der Waals surface area contributed by atoms with Gasteiger partial charge < -0.3 is 15.3 Å². The van der Waals surface area contributed by atoms with Crippen LogP contribution in [-0.2, 0) is 4.79 Å². The summed E-state index contributed by atoms with van der Waals surface area (Å²) in [6.07, 6.45) is 1.72. The first-order valence-corrected chi connectivity index (χ1v) is 5.75. The molecular formula is C12H15N3O3. The third-order valence-electron chi connectivity index (χ3n) is 2.87. The van der Waals surface area contributed by atoms with E-state index in [0.717, 1.165) is 5.69 Å². The Hall–Kier alpha value is -2.11. The molecule has 0 unspecified atom stereocenters. The number of likely N-dealkylation sites (tertiary alicyclic amines) is 1. The molecular weight excluding hydrogens is 234 g/mol. The van der Waals surface area contributed by atoms with Crippen LogP contribution in [0, 0.1) is 12.8 Å². The molecule has 1 aliphatic rings. The molecule has 2 amide bonds. The molecule has 0 radical (unpaired) electrons. The molecule has 1 aromatic rings. The van der Waals surface area contributed by atoms with E-state index in [1.54, 1.807) is 17.2 Å². The van der Waals surface area contributed by atoms with Gasteiger partial charge in [-0.2, -0.15) is 0 Å². The fourth-order valence-corrected chi connectivity index (χ4v) is 1.86. The number of pyridine rings is 1. The van der Waals surface area contributed by atoms with Gasteiger partial charge in [0.25, 0.3) is 0 Å². The largest absolute Gasteiger partial charge is 0.481 e. The van der Waals surface area contributed by atoms with Crippen LogP contribution in [-0.4, -0.2) is 40.1 Å². The van der Waals surface area contributed by atoms with Crippen molar-refractivity contribution < 1.29 is 14.7 Å². The smallest absolute Gasteiger partial charge is 0.321 e. The van der Waals surface area contributed by atoms with Gasteiger partial charge in [-0.25, -0.2) is 4.79 Å². The first-order chi connectivity index (χ1) is 8.54. The van der Waals surface area contributed by atoms with E-state index >= 15 is 0 Å². The molecule has 18 heavy (non-hydrogen) atoms. The summed E-state index contributed by atoms with van der Waals surface area (Å²) in [5, 5.41) is 11.3. The molecule has 96 valence electrons. The fourth-order valence-electron chi connectivity index (χ4n) is 1.86. The Morgan fingerprint density at radius 3 is 2.78 bits per heavy atom. The number of amides is 2. The van der Waals surface area contributed by atoms with Crippen LogP contribution in [0.1, 0.15) is 12.1 Å². The average Bonchev–Trinajstić information content (AvgIpc) is 2.25. The molecule has 0 spiro atoms. The summed E-state index contributed by atoms with van der Waals surface area (Å²) in [6.45, 7) is 2.87. The van der Waals surface area contributed by atoms with Gasteiger partial charge in [0.2, 0.25) is 0 Å². The zero-order chi connectivity index (χ0) is 13.1. The number of carboxylic acids is 1. The van der Waals surface area contributed by atoms with Crippen LogP contribution >= 0.6 is 0 Å². The first kappa shape index (κ1) is 12.3. The number of carbonyl (C=O) groups excluding carboxylic acids is 1. The van der Waals surface area contributed by atoms with Gasteiger partial charge in [0.1, 0.15) is 0 Å². The van der Waals surface area contributed by atoms with Crippen molar-refractivity contribution in [3.8, 4) is 0 Å².